The van der Waals surface area contributed by atoms with E-state index in [2.05, 4.69) is 0 Å². The van der Waals surface area contributed by atoms with Gasteiger partial charge in [0, 0.05) is 18.3 Å². The minimum atomic E-state index is -1.01. The molecule has 3 aromatic carbocycles. The zero-order chi connectivity index (χ0) is 24.8. The van der Waals surface area contributed by atoms with Gasteiger partial charge in [0.05, 0.1) is 24.2 Å². The Balaban J connectivity index is 1.45. The SMILES string of the molecule is O=C(O)C[C@@H]1[C@@H](CCC(O)c2ccccc2)[C@H](OC(=O)c2ccc(-c3ccccc3)cc2)C[C@@H]1O. The Bertz CT molecular complexity index is 1110. The molecule has 0 aliphatic heterocycles. The van der Waals surface area contributed by atoms with Crippen molar-refractivity contribution in [3.8, 4) is 11.1 Å². The molecular weight excluding hydrogens is 444 g/mol. The first-order valence-electron chi connectivity index (χ1n) is 11.9. The molecule has 1 fully saturated rings. The highest BCUT2D eigenvalue weighted by atomic mass is 16.5. The van der Waals surface area contributed by atoms with Crippen LogP contribution in [-0.4, -0.2) is 39.5 Å². The standard InChI is InChI=1S/C29H30O6/c30-25(21-9-5-2-6-10-21)16-15-23-24(17-28(32)33)26(31)18-27(23)35-29(34)22-13-11-20(12-14-22)19-7-3-1-4-8-19/h1-14,23-27,30-31H,15-18H2,(H,32,33)/t23-,24-,25?,26+,27-/m1/s1. The van der Waals surface area contributed by atoms with Crippen molar-refractivity contribution in [3.63, 3.8) is 0 Å². The molecule has 182 valence electrons. The highest BCUT2D eigenvalue weighted by molar-refractivity contribution is 5.90. The number of ether oxygens (including phenoxy) is 1. The fourth-order valence-corrected chi connectivity index (χ4v) is 5.00. The molecule has 0 heterocycles. The molecule has 3 aromatic rings. The number of benzene rings is 3. The molecule has 5 atom stereocenters. The highest BCUT2D eigenvalue weighted by Gasteiger charge is 2.45. The Morgan fingerprint density at radius 3 is 2.09 bits per heavy atom. The number of carbonyl (C=O) groups is 2. The molecule has 1 aliphatic rings. The number of aliphatic hydroxyl groups is 2. The van der Waals surface area contributed by atoms with Crippen molar-refractivity contribution in [2.45, 2.75) is 44.0 Å². The number of carboxylic acid groups (broad SMARTS) is 1. The molecule has 0 radical (unpaired) electrons. The smallest absolute Gasteiger partial charge is 0.338 e. The van der Waals surface area contributed by atoms with E-state index in [0.29, 0.717) is 18.4 Å². The van der Waals surface area contributed by atoms with Crippen LogP contribution in [-0.2, 0) is 9.53 Å². The van der Waals surface area contributed by atoms with E-state index in [1.54, 1.807) is 12.1 Å². The van der Waals surface area contributed by atoms with Gasteiger partial charge in [0.25, 0.3) is 0 Å². The molecule has 1 saturated carbocycles. The number of hydrogen-bond acceptors (Lipinski definition) is 5. The average Bonchev–Trinajstić information content (AvgIpc) is 3.16. The van der Waals surface area contributed by atoms with Gasteiger partial charge in [-0.1, -0.05) is 72.8 Å². The number of carboxylic acids is 1. The fourth-order valence-electron chi connectivity index (χ4n) is 5.00. The van der Waals surface area contributed by atoms with E-state index in [4.69, 9.17) is 4.74 Å². The summed E-state index contributed by atoms with van der Waals surface area (Å²) in [7, 11) is 0. The average molecular weight is 475 g/mol. The largest absolute Gasteiger partial charge is 0.481 e. The van der Waals surface area contributed by atoms with E-state index in [0.717, 1.165) is 16.7 Å². The minimum absolute atomic E-state index is 0.178. The van der Waals surface area contributed by atoms with Crippen molar-refractivity contribution >= 4 is 11.9 Å². The second kappa shape index (κ2) is 11.3. The molecule has 0 spiro atoms. The first kappa shape index (κ1) is 24.6. The molecule has 1 unspecified atom stereocenters. The van der Waals surface area contributed by atoms with E-state index in [9.17, 15) is 24.9 Å². The monoisotopic (exact) mass is 474 g/mol. The summed E-state index contributed by atoms with van der Waals surface area (Å²) >= 11 is 0. The van der Waals surface area contributed by atoms with E-state index < -0.39 is 36.2 Å². The lowest BCUT2D eigenvalue weighted by Crippen LogP contribution is -2.28. The van der Waals surface area contributed by atoms with Gasteiger partial charge in [-0.3, -0.25) is 4.79 Å². The summed E-state index contributed by atoms with van der Waals surface area (Å²) in [5.41, 5.74) is 3.18. The van der Waals surface area contributed by atoms with Crippen LogP contribution in [0.2, 0.25) is 0 Å². The van der Waals surface area contributed by atoms with Crippen molar-refractivity contribution in [1.82, 2.24) is 0 Å². The van der Waals surface area contributed by atoms with Crippen LogP contribution in [0.4, 0.5) is 0 Å². The first-order valence-corrected chi connectivity index (χ1v) is 11.9. The van der Waals surface area contributed by atoms with Gasteiger partial charge in [-0.05, 0) is 41.7 Å². The second-order valence-corrected chi connectivity index (χ2v) is 9.12. The predicted molar refractivity (Wildman–Crippen MR) is 132 cm³/mol. The molecule has 0 amide bonds. The van der Waals surface area contributed by atoms with E-state index in [1.807, 2.05) is 72.8 Å². The summed E-state index contributed by atoms with van der Waals surface area (Å²) in [5.74, 6) is -2.43. The van der Waals surface area contributed by atoms with Gasteiger partial charge in [0.2, 0.25) is 0 Å². The summed E-state index contributed by atoms with van der Waals surface area (Å²) in [5, 5.41) is 30.5. The number of esters is 1. The minimum Gasteiger partial charge on any atom is -0.481 e. The van der Waals surface area contributed by atoms with Crippen LogP contribution in [0.1, 0.15) is 47.7 Å². The van der Waals surface area contributed by atoms with Gasteiger partial charge in [-0.2, -0.15) is 0 Å². The maximum atomic E-state index is 12.9. The van der Waals surface area contributed by atoms with Crippen molar-refractivity contribution in [2.24, 2.45) is 11.8 Å². The van der Waals surface area contributed by atoms with Gasteiger partial charge < -0.3 is 20.1 Å². The third-order valence-electron chi connectivity index (χ3n) is 6.85. The molecular formula is C29H30O6. The Morgan fingerprint density at radius 2 is 1.46 bits per heavy atom. The van der Waals surface area contributed by atoms with Crippen LogP contribution in [0.15, 0.2) is 84.9 Å². The summed E-state index contributed by atoms with van der Waals surface area (Å²) < 4.78 is 5.80. The summed E-state index contributed by atoms with van der Waals surface area (Å²) in [6.07, 6.45) is -1.47. The quantitative estimate of drug-likeness (QED) is 0.383. The fraction of sp³-hybridized carbons (Fsp3) is 0.310. The number of rotatable bonds is 9. The summed E-state index contributed by atoms with van der Waals surface area (Å²) in [6, 6.07) is 26.2. The van der Waals surface area contributed by atoms with Gasteiger partial charge in [0.1, 0.15) is 6.10 Å². The molecule has 0 bridgehead atoms. The molecule has 0 saturated heterocycles. The van der Waals surface area contributed by atoms with Crippen molar-refractivity contribution in [3.05, 3.63) is 96.1 Å². The maximum Gasteiger partial charge on any atom is 0.338 e. The van der Waals surface area contributed by atoms with Crippen molar-refractivity contribution in [2.75, 3.05) is 0 Å². The molecule has 3 N–H and O–H groups in total. The Kier molecular flexibility index (Phi) is 7.95. The molecule has 35 heavy (non-hydrogen) atoms. The normalized spacial score (nSPS) is 22.5. The van der Waals surface area contributed by atoms with Gasteiger partial charge >= 0.3 is 11.9 Å². The topological polar surface area (TPSA) is 104 Å². The van der Waals surface area contributed by atoms with Gasteiger partial charge in [-0.15, -0.1) is 0 Å². The van der Waals surface area contributed by atoms with E-state index in [-0.39, 0.29) is 18.8 Å². The highest BCUT2D eigenvalue weighted by Crippen LogP contribution is 2.41. The third kappa shape index (κ3) is 6.15. The molecule has 0 aromatic heterocycles. The molecule has 1 aliphatic carbocycles. The Labute approximate surface area is 204 Å². The van der Waals surface area contributed by atoms with Crippen LogP contribution < -0.4 is 0 Å². The van der Waals surface area contributed by atoms with Crippen LogP contribution in [0.3, 0.4) is 0 Å². The lowest BCUT2D eigenvalue weighted by molar-refractivity contribution is -0.139. The summed E-state index contributed by atoms with van der Waals surface area (Å²) in [6.45, 7) is 0. The molecule has 6 nitrogen and oxygen atoms in total. The third-order valence-corrected chi connectivity index (χ3v) is 6.85. The van der Waals surface area contributed by atoms with Crippen LogP contribution >= 0.6 is 0 Å². The Hall–Kier alpha value is -3.48. The van der Waals surface area contributed by atoms with Crippen molar-refractivity contribution < 1.29 is 29.6 Å². The van der Waals surface area contributed by atoms with E-state index in [1.165, 1.54) is 0 Å². The summed E-state index contributed by atoms with van der Waals surface area (Å²) in [4.78, 5) is 24.4. The number of carbonyl (C=O) groups excluding carboxylic acids is 1. The first-order chi connectivity index (χ1) is 16.9. The number of aliphatic hydroxyl groups excluding tert-OH is 2. The zero-order valence-corrected chi connectivity index (χ0v) is 19.4. The van der Waals surface area contributed by atoms with Crippen LogP contribution in [0.5, 0.6) is 0 Å². The van der Waals surface area contributed by atoms with Crippen molar-refractivity contribution in [1.29, 1.82) is 0 Å². The van der Waals surface area contributed by atoms with E-state index >= 15 is 0 Å². The lowest BCUT2D eigenvalue weighted by Gasteiger charge is -2.25. The van der Waals surface area contributed by atoms with Crippen LogP contribution in [0.25, 0.3) is 11.1 Å². The Morgan fingerprint density at radius 1 is 0.857 bits per heavy atom. The molecule has 4 rings (SSSR count). The zero-order valence-electron chi connectivity index (χ0n) is 19.4. The molecule has 6 heteroatoms. The van der Waals surface area contributed by atoms with Gasteiger partial charge in [0.15, 0.2) is 0 Å². The predicted octanol–water partition coefficient (Wildman–Crippen LogP) is 4.86. The number of hydrogen-bond donors (Lipinski definition) is 3. The number of aliphatic carboxylic acids is 1. The maximum absolute atomic E-state index is 12.9. The van der Waals surface area contributed by atoms with Crippen LogP contribution in [0, 0.1) is 11.8 Å². The lowest BCUT2D eigenvalue weighted by atomic mass is 9.85. The van der Waals surface area contributed by atoms with Gasteiger partial charge in [-0.25, -0.2) is 4.79 Å². The second-order valence-electron chi connectivity index (χ2n) is 9.12.